The van der Waals surface area contributed by atoms with E-state index in [4.69, 9.17) is 4.89 Å². The first-order chi connectivity index (χ1) is 6.24. The van der Waals surface area contributed by atoms with Crippen LogP contribution in [0.1, 0.15) is 51.9 Å². The van der Waals surface area contributed by atoms with Crippen LogP contribution >= 0.6 is 8.03 Å². The van der Waals surface area contributed by atoms with E-state index < -0.39 is 8.03 Å². The lowest BCUT2D eigenvalue weighted by Crippen LogP contribution is -2.15. The highest BCUT2D eigenvalue weighted by Crippen LogP contribution is 2.38. The molecule has 1 rings (SSSR count). The van der Waals surface area contributed by atoms with Gasteiger partial charge in [0.2, 0.25) is 0 Å². The molecular formula is C10H20O2P+. The quantitative estimate of drug-likeness (QED) is 0.710. The van der Waals surface area contributed by atoms with Crippen molar-refractivity contribution < 1.29 is 9.46 Å². The molecule has 1 N–H and O–H groups in total. The number of hydrogen-bond acceptors (Lipinski definition) is 1. The van der Waals surface area contributed by atoms with Crippen LogP contribution in [0.5, 0.6) is 0 Å². The third-order valence-corrected chi connectivity index (χ3v) is 4.24. The first kappa shape index (κ1) is 11.1. The Bertz CT molecular complexity index is 162. The Morgan fingerprint density at radius 2 is 1.92 bits per heavy atom. The average Bonchev–Trinajstić information content (AvgIpc) is 2.15. The zero-order valence-corrected chi connectivity index (χ0v) is 9.30. The van der Waals surface area contributed by atoms with Crippen LogP contribution in [-0.2, 0) is 4.57 Å². The van der Waals surface area contributed by atoms with Crippen LogP contribution in [0.4, 0.5) is 0 Å². The Morgan fingerprint density at radius 1 is 1.31 bits per heavy atom. The molecule has 13 heavy (non-hydrogen) atoms. The second-order valence-corrected chi connectivity index (χ2v) is 5.45. The molecule has 0 radical (unpaired) electrons. The van der Waals surface area contributed by atoms with Gasteiger partial charge in [-0.25, -0.2) is 0 Å². The minimum atomic E-state index is -1.90. The van der Waals surface area contributed by atoms with Gasteiger partial charge in [0.05, 0.1) is 0 Å². The Labute approximate surface area is 81.6 Å². The maximum atomic E-state index is 10.8. The molecule has 3 heteroatoms. The minimum absolute atomic E-state index is 0.105. The summed E-state index contributed by atoms with van der Waals surface area (Å²) in [6.45, 7) is 2.22. The summed E-state index contributed by atoms with van der Waals surface area (Å²) in [6.07, 6.45) is 8.21. The van der Waals surface area contributed by atoms with Gasteiger partial charge in [-0.15, -0.1) is 0 Å². The van der Waals surface area contributed by atoms with Gasteiger partial charge in [0.25, 0.3) is 0 Å². The molecule has 2 nitrogen and oxygen atoms in total. The molecule has 1 saturated carbocycles. The van der Waals surface area contributed by atoms with Gasteiger partial charge in [0.1, 0.15) is 0 Å². The summed E-state index contributed by atoms with van der Waals surface area (Å²) < 4.78 is 10.8. The van der Waals surface area contributed by atoms with E-state index in [1.54, 1.807) is 0 Å². The highest BCUT2D eigenvalue weighted by atomic mass is 31.1. The van der Waals surface area contributed by atoms with E-state index in [1.165, 1.54) is 32.1 Å². The maximum absolute atomic E-state index is 10.8. The lowest BCUT2D eigenvalue weighted by atomic mass is 9.85. The van der Waals surface area contributed by atoms with Crippen LogP contribution in [-0.4, -0.2) is 10.6 Å². The van der Waals surface area contributed by atoms with Crippen molar-refractivity contribution in [3.8, 4) is 0 Å². The number of rotatable bonds is 4. The molecule has 0 aliphatic heterocycles. The molecule has 1 aliphatic rings. The fourth-order valence-corrected chi connectivity index (χ4v) is 2.89. The van der Waals surface area contributed by atoms with Crippen molar-refractivity contribution in [1.82, 2.24) is 0 Å². The van der Waals surface area contributed by atoms with Crippen molar-refractivity contribution in [1.29, 1.82) is 0 Å². The van der Waals surface area contributed by atoms with Crippen LogP contribution in [0.3, 0.4) is 0 Å². The van der Waals surface area contributed by atoms with Crippen molar-refractivity contribution in [2.24, 2.45) is 5.92 Å². The van der Waals surface area contributed by atoms with Crippen molar-refractivity contribution in [2.75, 3.05) is 0 Å². The summed E-state index contributed by atoms with van der Waals surface area (Å²) >= 11 is 0. The van der Waals surface area contributed by atoms with Gasteiger partial charge in [0.15, 0.2) is 5.66 Å². The third-order valence-electron chi connectivity index (χ3n) is 3.09. The van der Waals surface area contributed by atoms with Gasteiger partial charge in [-0.1, -0.05) is 26.2 Å². The average molecular weight is 203 g/mol. The minimum Gasteiger partial charge on any atom is -0.161 e. The highest BCUT2D eigenvalue weighted by Gasteiger charge is 2.33. The second kappa shape index (κ2) is 5.72. The normalized spacial score (nSPS) is 30.2. The molecule has 0 aromatic heterocycles. The summed E-state index contributed by atoms with van der Waals surface area (Å²) in [7, 11) is -1.90. The van der Waals surface area contributed by atoms with Gasteiger partial charge in [-0.2, -0.15) is 4.89 Å². The standard InChI is InChI=1S/C10H19O2P/c1-2-3-4-9-5-7-10(8-6-9)13(11)12/h9-10H,2-8H2,1H3/p+1. The fraction of sp³-hybridized carbons (Fsp3) is 1.00. The van der Waals surface area contributed by atoms with Gasteiger partial charge < -0.3 is 0 Å². The molecule has 0 amide bonds. The molecule has 1 aliphatic carbocycles. The Kier molecular flexibility index (Phi) is 4.90. The molecule has 0 heterocycles. The van der Waals surface area contributed by atoms with Gasteiger partial charge >= 0.3 is 8.03 Å². The highest BCUT2D eigenvalue weighted by molar-refractivity contribution is 7.38. The topological polar surface area (TPSA) is 37.3 Å². The zero-order valence-electron chi connectivity index (χ0n) is 8.41. The van der Waals surface area contributed by atoms with Crippen LogP contribution in [0.15, 0.2) is 0 Å². The Hall–Kier alpha value is 0.0600. The summed E-state index contributed by atoms with van der Waals surface area (Å²) in [4.78, 5) is 8.95. The smallest absolute Gasteiger partial charge is 0.161 e. The molecule has 1 fully saturated rings. The number of unbranched alkanes of at least 4 members (excludes halogenated alkanes) is 1. The summed E-state index contributed by atoms with van der Waals surface area (Å²) in [5.74, 6) is 0.839. The molecule has 0 aromatic carbocycles. The van der Waals surface area contributed by atoms with Crippen molar-refractivity contribution in [2.45, 2.75) is 57.5 Å². The summed E-state index contributed by atoms with van der Waals surface area (Å²) in [5, 5.41) is 0. The number of hydrogen-bond donors (Lipinski definition) is 1. The third kappa shape index (κ3) is 3.74. The first-order valence-electron chi connectivity index (χ1n) is 5.39. The molecule has 76 valence electrons. The summed E-state index contributed by atoms with van der Waals surface area (Å²) in [6, 6.07) is 0. The molecule has 0 aromatic rings. The predicted octanol–water partition coefficient (Wildman–Crippen LogP) is 3.47. The van der Waals surface area contributed by atoms with Crippen LogP contribution in [0, 0.1) is 5.92 Å². The van der Waals surface area contributed by atoms with Crippen LogP contribution in [0.25, 0.3) is 0 Å². The monoisotopic (exact) mass is 203 g/mol. The molecule has 0 spiro atoms. The molecule has 0 bridgehead atoms. The SMILES string of the molecule is CCCCC1CCC([P+](=O)O)CC1. The largest absolute Gasteiger partial charge is 0.508 e. The van der Waals surface area contributed by atoms with Gasteiger partial charge in [-0.3, -0.25) is 0 Å². The molecule has 1 unspecified atom stereocenters. The lowest BCUT2D eigenvalue weighted by Gasteiger charge is -2.22. The van der Waals surface area contributed by atoms with E-state index in [2.05, 4.69) is 6.92 Å². The van der Waals surface area contributed by atoms with Gasteiger partial charge in [-0.05, 0) is 36.2 Å². The lowest BCUT2D eigenvalue weighted by molar-refractivity contribution is 0.325. The zero-order chi connectivity index (χ0) is 9.68. The molecular weight excluding hydrogens is 183 g/mol. The Balaban J connectivity index is 2.18. The van der Waals surface area contributed by atoms with E-state index in [-0.39, 0.29) is 5.66 Å². The van der Waals surface area contributed by atoms with E-state index >= 15 is 0 Å². The van der Waals surface area contributed by atoms with E-state index in [1.807, 2.05) is 0 Å². The van der Waals surface area contributed by atoms with Crippen molar-refractivity contribution in [3.05, 3.63) is 0 Å². The predicted molar refractivity (Wildman–Crippen MR) is 55.1 cm³/mol. The summed E-state index contributed by atoms with van der Waals surface area (Å²) in [5.41, 5.74) is 0.105. The van der Waals surface area contributed by atoms with E-state index in [9.17, 15) is 4.57 Å². The van der Waals surface area contributed by atoms with E-state index in [0.717, 1.165) is 18.8 Å². The van der Waals surface area contributed by atoms with E-state index in [0.29, 0.717) is 0 Å². The molecule has 0 saturated heterocycles. The van der Waals surface area contributed by atoms with Crippen molar-refractivity contribution >= 4 is 8.03 Å². The van der Waals surface area contributed by atoms with Gasteiger partial charge in [0, 0.05) is 0 Å². The van der Waals surface area contributed by atoms with Crippen LogP contribution in [0.2, 0.25) is 0 Å². The second-order valence-electron chi connectivity index (χ2n) is 4.12. The van der Waals surface area contributed by atoms with Crippen LogP contribution < -0.4 is 0 Å². The maximum Gasteiger partial charge on any atom is 0.508 e. The first-order valence-corrected chi connectivity index (χ1v) is 6.67. The fourth-order valence-electron chi connectivity index (χ4n) is 2.15. The van der Waals surface area contributed by atoms with Crippen molar-refractivity contribution in [3.63, 3.8) is 0 Å². The Morgan fingerprint density at radius 3 is 2.38 bits per heavy atom. The molecule has 1 atom stereocenters.